The second-order valence-corrected chi connectivity index (χ2v) is 8.47. The van der Waals surface area contributed by atoms with Crippen molar-refractivity contribution in [2.24, 2.45) is 11.8 Å². The van der Waals surface area contributed by atoms with Crippen LogP contribution in [0.1, 0.15) is 39.0 Å². The summed E-state index contributed by atoms with van der Waals surface area (Å²) in [6.45, 7) is 2.74. The largest absolute Gasteiger partial charge is 0.339 e. The van der Waals surface area contributed by atoms with Gasteiger partial charge in [-0.3, -0.25) is 4.79 Å². The fourth-order valence-electron chi connectivity index (χ4n) is 3.28. The van der Waals surface area contributed by atoms with Crippen molar-refractivity contribution in [2.45, 2.75) is 45.1 Å². The molecule has 2 fully saturated rings. The zero-order valence-electron chi connectivity index (χ0n) is 10.6. The predicted molar refractivity (Wildman–Crippen MR) is 70.9 cm³/mol. The standard InChI is InChI=1S/C12H20ClNO3S/c1-9-4-2-3-5-11(9)14-7-10(6-12(14)15)8-18(13,16)17/h9-11H,2-8H2,1H3. The van der Waals surface area contributed by atoms with Crippen molar-refractivity contribution in [2.75, 3.05) is 12.3 Å². The van der Waals surface area contributed by atoms with Gasteiger partial charge in [0, 0.05) is 35.6 Å². The summed E-state index contributed by atoms with van der Waals surface area (Å²) in [6, 6.07) is 0.300. The molecule has 0 bridgehead atoms. The summed E-state index contributed by atoms with van der Waals surface area (Å²) in [4.78, 5) is 13.9. The predicted octanol–water partition coefficient (Wildman–Crippen LogP) is 1.98. The number of halogens is 1. The molecule has 0 N–H and O–H groups in total. The van der Waals surface area contributed by atoms with Gasteiger partial charge >= 0.3 is 0 Å². The number of likely N-dealkylation sites (tertiary alicyclic amines) is 1. The lowest BCUT2D eigenvalue weighted by molar-refractivity contribution is -0.131. The van der Waals surface area contributed by atoms with Crippen LogP contribution in [0.2, 0.25) is 0 Å². The quantitative estimate of drug-likeness (QED) is 0.748. The maximum Gasteiger partial charge on any atom is 0.232 e. The molecular formula is C12H20ClNO3S. The first kappa shape index (κ1) is 14.1. The average Bonchev–Trinajstić information content (AvgIpc) is 2.57. The number of rotatable bonds is 3. The van der Waals surface area contributed by atoms with Crippen LogP contribution in [0.15, 0.2) is 0 Å². The van der Waals surface area contributed by atoms with Crippen LogP contribution in [-0.4, -0.2) is 37.6 Å². The molecule has 6 heteroatoms. The Bertz CT molecular complexity index is 423. The minimum Gasteiger partial charge on any atom is -0.339 e. The fourth-order valence-corrected chi connectivity index (χ4v) is 4.60. The lowest BCUT2D eigenvalue weighted by Gasteiger charge is -2.36. The number of carbonyl (C=O) groups excluding carboxylic acids is 1. The summed E-state index contributed by atoms with van der Waals surface area (Å²) in [5.74, 6) is 0.403. The van der Waals surface area contributed by atoms with Gasteiger partial charge < -0.3 is 4.90 Å². The van der Waals surface area contributed by atoms with Gasteiger partial charge in [-0.25, -0.2) is 8.42 Å². The second kappa shape index (κ2) is 5.37. The van der Waals surface area contributed by atoms with E-state index in [-0.39, 0.29) is 17.6 Å². The first-order valence-corrected chi connectivity index (χ1v) is 9.06. The Balaban J connectivity index is 2.00. The number of hydrogen-bond donors (Lipinski definition) is 0. The zero-order valence-corrected chi connectivity index (χ0v) is 12.2. The normalized spacial score (nSPS) is 34.0. The number of amides is 1. The molecule has 1 aliphatic carbocycles. The first-order valence-electron chi connectivity index (χ1n) is 6.58. The molecule has 1 amide bonds. The second-order valence-electron chi connectivity index (χ2n) is 5.65. The number of hydrogen-bond acceptors (Lipinski definition) is 3. The van der Waals surface area contributed by atoms with Gasteiger partial charge in [-0.15, -0.1) is 0 Å². The van der Waals surface area contributed by atoms with Gasteiger partial charge in [-0.05, 0) is 18.8 Å². The van der Waals surface area contributed by atoms with Gasteiger partial charge in [0.15, 0.2) is 0 Å². The van der Waals surface area contributed by atoms with Crippen LogP contribution in [0.4, 0.5) is 0 Å². The van der Waals surface area contributed by atoms with Crippen molar-refractivity contribution in [1.82, 2.24) is 4.90 Å². The van der Waals surface area contributed by atoms with Gasteiger partial charge in [0.1, 0.15) is 0 Å². The van der Waals surface area contributed by atoms with Crippen LogP contribution in [0.5, 0.6) is 0 Å². The molecule has 1 heterocycles. The number of carbonyl (C=O) groups is 1. The highest BCUT2D eigenvalue weighted by Crippen LogP contribution is 2.32. The third-order valence-corrected chi connectivity index (χ3v) is 5.39. The highest BCUT2D eigenvalue weighted by molar-refractivity contribution is 8.13. The van der Waals surface area contributed by atoms with Gasteiger partial charge in [-0.2, -0.15) is 0 Å². The lowest BCUT2D eigenvalue weighted by atomic mass is 9.85. The Morgan fingerprint density at radius 3 is 2.61 bits per heavy atom. The third kappa shape index (κ3) is 3.38. The van der Waals surface area contributed by atoms with Gasteiger partial charge in [0.2, 0.25) is 15.0 Å². The van der Waals surface area contributed by atoms with Crippen molar-refractivity contribution in [3.63, 3.8) is 0 Å². The molecule has 2 rings (SSSR count). The van der Waals surface area contributed by atoms with E-state index in [1.807, 2.05) is 4.90 Å². The summed E-state index contributed by atoms with van der Waals surface area (Å²) in [5.41, 5.74) is 0. The van der Waals surface area contributed by atoms with Crippen LogP contribution in [-0.2, 0) is 13.8 Å². The van der Waals surface area contributed by atoms with Crippen molar-refractivity contribution < 1.29 is 13.2 Å². The third-order valence-electron chi connectivity index (χ3n) is 4.14. The maximum atomic E-state index is 12.0. The van der Waals surface area contributed by atoms with E-state index in [2.05, 4.69) is 6.92 Å². The van der Waals surface area contributed by atoms with E-state index >= 15 is 0 Å². The van der Waals surface area contributed by atoms with E-state index in [0.29, 0.717) is 24.9 Å². The van der Waals surface area contributed by atoms with E-state index in [4.69, 9.17) is 10.7 Å². The van der Waals surface area contributed by atoms with E-state index in [0.717, 1.165) is 19.3 Å². The molecule has 2 aliphatic rings. The van der Waals surface area contributed by atoms with Crippen LogP contribution in [0, 0.1) is 11.8 Å². The summed E-state index contributed by atoms with van der Waals surface area (Å²) in [6.07, 6.45) is 4.94. The van der Waals surface area contributed by atoms with Crippen molar-refractivity contribution in [1.29, 1.82) is 0 Å². The Labute approximate surface area is 113 Å². The summed E-state index contributed by atoms with van der Waals surface area (Å²) < 4.78 is 22.2. The molecular weight excluding hydrogens is 274 g/mol. The minimum absolute atomic E-state index is 0.0854. The molecule has 1 saturated heterocycles. The monoisotopic (exact) mass is 293 g/mol. The van der Waals surface area contributed by atoms with Crippen LogP contribution < -0.4 is 0 Å². The molecule has 3 unspecified atom stereocenters. The highest BCUT2D eigenvalue weighted by Gasteiger charge is 2.38. The van der Waals surface area contributed by atoms with E-state index in [1.54, 1.807) is 0 Å². The lowest BCUT2D eigenvalue weighted by Crippen LogP contribution is -2.42. The van der Waals surface area contributed by atoms with E-state index < -0.39 is 9.05 Å². The SMILES string of the molecule is CC1CCCCC1N1CC(CS(=O)(=O)Cl)CC1=O. The molecule has 104 valence electrons. The maximum absolute atomic E-state index is 12.0. The van der Waals surface area contributed by atoms with Crippen LogP contribution in [0.3, 0.4) is 0 Å². The summed E-state index contributed by atoms with van der Waals surface area (Å²) in [7, 11) is 1.76. The molecule has 4 nitrogen and oxygen atoms in total. The Kier molecular flexibility index (Phi) is 4.22. The van der Waals surface area contributed by atoms with Gasteiger partial charge in [-0.1, -0.05) is 19.8 Å². The Morgan fingerprint density at radius 1 is 1.33 bits per heavy atom. The molecule has 0 radical (unpaired) electrons. The number of nitrogens with zero attached hydrogens (tertiary/aromatic N) is 1. The van der Waals surface area contributed by atoms with E-state index in [1.165, 1.54) is 6.42 Å². The van der Waals surface area contributed by atoms with Crippen molar-refractivity contribution in [3.05, 3.63) is 0 Å². The fraction of sp³-hybridized carbons (Fsp3) is 0.917. The van der Waals surface area contributed by atoms with Crippen LogP contribution >= 0.6 is 10.7 Å². The van der Waals surface area contributed by atoms with Crippen molar-refractivity contribution in [3.8, 4) is 0 Å². The molecule has 3 atom stereocenters. The molecule has 0 aromatic carbocycles. The molecule has 0 aromatic rings. The van der Waals surface area contributed by atoms with E-state index in [9.17, 15) is 13.2 Å². The Morgan fingerprint density at radius 2 is 2.00 bits per heavy atom. The zero-order chi connectivity index (χ0) is 13.3. The smallest absolute Gasteiger partial charge is 0.232 e. The molecule has 0 aromatic heterocycles. The molecule has 1 aliphatic heterocycles. The molecule has 18 heavy (non-hydrogen) atoms. The average molecular weight is 294 g/mol. The summed E-state index contributed by atoms with van der Waals surface area (Å²) >= 11 is 0. The first-order chi connectivity index (χ1) is 8.37. The van der Waals surface area contributed by atoms with Crippen LogP contribution in [0.25, 0.3) is 0 Å². The topological polar surface area (TPSA) is 54.5 Å². The summed E-state index contributed by atoms with van der Waals surface area (Å²) in [5, 5.41) is 0. The highest BCUT2D eigenvalue weighted by atomic mass is 35.7. The van der Waals surface area contributed by atoms with Gasteiger partial charge in [0.05, 0.1) is 5.75 Å². The Hall–Kier alpha value is -0.290. The molecule has 1 saturated carbocycles. The minimum atomic E-state index is -3.51. The van der Waals surface area contributed by atoms with Gasteiger partial charge in [0.25, 0.3) is 0 Å². The van der Waals surface area contributed by atoms with Crippen molar-refractivity contribution >= 4 is 25.6 Å². The molecule has 0 spiro atoms.